The zero-order valence-corrected chi connectivity index (χ0v) is 25.5. The van der Waals surface area contributed by atoms with E-state index >= 15 is 0 Å². The molecule has 0 aliphatic rings. The van der Waals surface area contributed by atoms with Crippen LogP contribution < -0.4 is 9.62 Å². The Morgan fingerprint density at radius 1 is 1.00 bits per heavy atom. The smallest absolute Gasteiger partial charge is 0.264 e. The lowest BCUT2D eigenvalue weighted by atomic mass is 10.1. The minimum Gasteiger partial charge on any atom is -0.354 e. The number of hydrogen-bond donors (Lipinski definition) is 1. The molecule has 1 N–H and O–H groups in total. The Morgan fingerprint density at radius 2 is 1.69 bits per heavy atom. The molecular formula is C28H30BrCl2N3O4S. The molecular weight excluding hydrogens is 625 g/mol. The number of unbranched alkanes of at least 4 members (excludes halogenated alkanes) is 1. The van der Waals surface area contributed by atoms with Crippen LogP contribution in [-0.4, -0.2) is 44.3 Å². The van der Waals surface area contributed by atoms with Gasteiger partial charge in [0.1, 0.15) is 12.6 Å². The molecule has 0 aliphatic carbocycles. The van der Waals surface area contributed by atoms with E-state index in [0.29, 0.717) is 6.54 Å². The first-order valence-electron chi connectivity index (χ1n) is 12.4. The van der Waals surface area contributed by atoms with Gasteiger partial charge >= 0.3 is 0 Å². The van der Waals surface area contributed by atoms with E-state index in [4.69, 9.17) is 23.2 Å². The summed E-state index contributed by atoms with van der Waals surface area (Å²) in [7, 11) is -4.23. The zero-order chi connectivity index (χ0) is 28.6. The molecule has 0 aromatic heterocycles. The van der Waals surface area contributed by atoms with E-state index < -0.39 is 28.5 Å². The lowest BCUT2D eigenvalue weighted by Crippen LogP contribution is -2.51. The van der Waals surface area contributed by atoms with Crippen LogP contribution in [0.4, 0.5) is 5.69 Å². The molecule has 0 aliphatic heterocycles. The largest absolute Gasteiger partial charge is 0.354 e. The summed E-state index contributed by atoms with van der Waals surface area (Å²) in [5.41, 5.74) is 0.827. The molecule has 0 fully saturated rings. The third-order valence-electron chi connectivity index (χ3n) is 6.05. The number of nitrogens with zero attached hydrogens (tertiary/aromatic N) is 2. The number of anilines is 1. The number of halogens is 3. The summed E-state index contributed by atoms with van der Waals surface area (Å²) in [5, 5.41) is 3.00. The highest BCUT2D eigenvalue weighted by Crippen LogP contribution is 2.35. The Labute approximate surface area is 248 Å². The van der Waals surface area contributed by atoms with Crippen molar-refractivity contribution in [2.75, 3.05) is 17.4 Å². The van der Waals surface area contributed by atoms with Gasteiger partial charge in [0.05, 0.1) is 20.6 Å². The molecule has 0 radical (unpaired) electrons. The highest BCUT2D eigenvalue weighted by molar-refractivity contribution is 9.10. The van der Waals surface area contributed by atoms with Crippen LogP contribution in [0.15, 0.2) is 82.2 Å². The van der Waals surface area contributed by atoms with Gasteiger partial charge in [-0.3, -0.25) is 13.9 Å². The van der Waals surface area contributed by atoms with Crippen LogP contribution in [0.25, 0.3) is 0 Å². The van der Waals surface area contributed by atoms with E-state index in [1.165, 1.54) is 29.2 Å². The lowest BCUT2D eigenvalue weighted by molar-refractivity contribution is -0.139. The van der Waals surface area contributed by atoms with E-state index in [1.54, 1.807) is 31.2 Å². The summed E-state index contributed by atoms with van der Waals surface area (Å²) in [6, 6.07) is 18.8. The highest BCUT2D eigenvalue weighted by Gasteiger charge is 2.33. The number of nitrogens with one attached hydrogen (secondary N) is 1. The standard InChI is InChI=1S/C28H30BrCl2N3O4S/c1-3-4-16-32-28(36)20(2)33(18-21-10-8-11-22(29)17-21)26(35)19-34(25-15-9-14-24(30)27(25)31)39(37,38)23-12-6-5-7-13-23/h5-15,17,20H,3-4,16,18-19H2,1-2H3,(H,32,36)/t20-/m1/s1. The maximum atomic E-state index is 13.9. The van der Waals surface area contributed by atoms with Gasteiger partial charge in [0.25, 0.3) is 10.0 Å². The maximum Gasteiger partial charge on any atom is 0.264 e. The Bertz CT molecular complexity index is 1410. The number of rotatable bonds is 12. The summed E-state index contributed by atoms with van der Waals surface area (Å²) >= 11 is 16.1. The van der Waals surface area contributed by atoms with Crippen molar-refractivity contribution < 1.29 is 18.0 Å². The normalized spacial score (nSPS) is 12.0. The number of hydrogen-bond acceptors (Lipinski definition) is 4. The molecule has 0 spiro atoms. The van der Waals surface area contributed by atoms with Crippen molar-refractivity contribution in [2.24, 2.45) is 0 Å². The molecule has 3 aromatic rings. The molecule has 0 unspecified atom stereocenters. The molecule has 0 saturated carbocycles. The summed E-state index contributed by atoms with van der Waals surface area (Å²) in [4.78, 5) is 28.3. The van der Waals surface area contributed by atoms with Gasteiger partial charge in [-0.15, -0.1) is 0 Å². The predicted molar refractivity (Wildman–Crippen MR) is 160 cm³/mol. The van der Waals surface area contributed by atoms with Crippen molar-refractivity contribution in [3.63, 3.8) is 0 Å². The number of amides is 2. The van der Waals surface area contributed by atoms with Gasteiger partial charge in [-0.1, -0.05) is 88.9 Å². The van der Waals surface area contributed by atoms with Crippen molar-refractivity contribution in [3.8, 4) is 0 Å². The number of benzene rings is 3. The van der Waals surface area contributed by atoms with Gasteiger partial charge in [-0.05, 0) is 55.3 Å². The fraction of sp³-hybridized carbons (Fsp3) is 0.286. The second-order valence-corrected chi connectivity index (χ2v) is 12.4. The Hall–Kier alpha value is -2.59. The van der Waals surface area contributed by atoms with Crippen LogP contribution in [-0.2, 0) is 26.2 Å². The van der Waals surface area contributed by atoms with Gasteiger partial charge in [0.15, 0.2) is 0 Å². The first-order chi connectivity index (χ1) is 18.6. The molecule has 39 heavy (non-hydrogen) atoms. The average molecular weight is 655 g/mol. The fourth-order valence-corrected chi connectivity index (χ4v) is 6.21. The quantitative estimate of drug-likeness (QED) is 0.233. The summed E-state index contributed by atoms with van der Waals surface area (Å²) in [6.45, 7) is 3.60. The van der Waals surface area contributed by atoms with Crippen LogP contribution >= 0.6 is 39.1 Å². The van der Waals surface area contributed by atoms with Crippen LogP contribution in [0, 0.1) is 0 Å². The van der Waals surface area contributed by atoms with Crippen molar-refractivity contribution in [1.29, 1.82) is 0 Å². The first kappa shape index (κ1) is 30.9. The molecule has 2 amide bonds. The molecule has 3 rings (SSSR count). The van der Waals surface area contributed by atoms with Crippen molar-refractivity contribution in [2.45, 2.75) is 44.2 Å². The number of sulfonamides is 1. The van der Waals surface area contributed by atoms with Crippen molar-refractivity contribution >= 4 is 66.7 Å². The van der Waals surface area contributed by atoms with Crippen molar-refractivity contribution in [3.05, 3.63) is 92.9 Å². The first-order valence-corrected chi connectivity index (χ1v) is 15.4. The van der Waals surface area contributed by atoms with E-state index in [-0.39, 0.29) is 33.1 Å². The van der Waals surface area contributed by atoms with Crippen LogP contribution in [0.3, 0.4) is 0 Å². The SMILES string of the molecule is CCCCNC(=O)[C@@H](C)N(Cc1cccc(Br)c1)C(=O)CN(c1cccc(Cl)c1Cl)S(=O)(=O)c1ccccc1. The van der Waals surface area contributed by atoms with Crippen LogP contribution in [0.2, 0.25) is 10.0 Å². The number of carbonyl (C=O) groups excluding carboxylic acids is 2. The molecule has 1 atom stereocenters. The minimum atomic E-state index is -4.23. The van der Waals surface area contributed by atoms with Crippen LogP contribution in [0.5, 0.6) is 0 Å². The van der Waals surface area contributed by atoms with Gasteiger partial charge in [0, 0.05) is 17.6 Å². The van der Waals surface area contributed by atoms with Crippen molar-refractivity contribution in [1.82, 2.24) is 10.2 Å². The molecule has 11 heteroatoms. The average Bonchev–Trinajstić information content (AvgIpc) is 2.92. The second-order valence-electron chi connectivity index (χ2n) is 8.87. The summed E-state index contributed by atoms with van der Waals surface area (Å²) < 4.78 is 29.4. The van der Waals surface area contributed by atoms with Gasteiger partial charge < -0.3 is 10.2 Å². The lowest BCUT2D eigenvalue weighted by Gasteiger charge is -2.32. The minimum absolute atomic E-state index is 0.00429. The topological polar surface area (TPSA) is 86.8 Å². The molecule has 0 bridgehead atoms. The van der Waals surface area contributed by atoms with Gasteiger partial charge in [0.2, 0.25) is 11.8 Å². The van der Waals surface area contributed by atoms with Gasteiger partial charge in [-0.2, -0.15) is 0 Å². The van der Waals surface area contributed by atoms with E-state index in [0.717, 1.165) is 27.2 Å². The molecule has 3 aromatic carbocycles. The third kappa shape index (κ3) is 7.97. The zero-order valence-electron chi connectivity index (χ0n) is 21.6. The monoisotopic (exact) mass is 653 g/mol. The Balaban J connectivity index is 2.03. The number of carbonyl (C=O) groups is 2. The highest BCUT2D eigenvalue weighted by atomic mass is 79.9. The molecule has 208 valence electrons. The fourth-order valence-electron chi connectivity index (χ4n) is 3.87. The third-order valence-corrected chi connectivity index (χ3v) is 9.12. The second kappa shape index (κ2) is 14.2. The van der Waals surface area contributed by atoms with E-state index in [9.17, 15) is 18.0 Å². The van der Waals surface area contributed by atoms with E-state index in [1.807, 2.05) is 31.2 Å². The van der Waals surface area contributed by atoms with E-state index in [2.05, 4.69) is 21.2 Å². The van der Waals surface area contributed by atoms with Crippen LogP contribution in [0.1, 0.15) is 32.3 Å². The molecule has 0 saturated heterocycles. The maximum absolute atomic E-state index is 13.9. The predicted octanol–water partition coefficient (Wildman–Crippen LogP) is 6.28. The Kier molecular flexibility index (Phi) is 11.2. The molecule has 0 heterocycles. The van der Waals surface area contributed by atoms with Gasteiger partial charge in [-0.25, -0.2) is 8.42 Å². The molecule has 7 nitrogen and oxygen atoms in total. The Morgan fingerprint density at radius 3 is 2.36 bits per heavy atom. The summed E-state index contributed by atoms with van der Waals surface area (Å²) in [5.74, 6) is -0.909. The summed E-state index contributed by atoms with van der Waals surface area (Å²) in [6.07, 6.45) is 1.70.